The third kappa shape index (κ3) is 3.64. The highest BCUT2D eigenvalue weighted by Crippen LogP contribution is 2.38. The monoisotopic (exact) mass is 303 g/mol. The van der Waals surface area contributed by atoms with Crippen LogP contribution in [0.5, 0.6) is 5.75 Å². The zero-order chi connectivity index (χ0) is 15.4. The molecule has 1 N–H and O–H groups in total. The van der Waals surface area contributed by atoms with E-state index in [0.717, 1.165) is 38.3 Å². The van der Waals surface area contributed by atoms with Crippen molar-refractivity contribution in [2.24, 2.45) is 5.92 Å². The van der Waals surface area contributed by atoms with E-state index in [9.17, 15) is 0 Å². The second-order valence-electron chi connectivity index (χ2n) is 7.25. The minimum Gasteiger partial charge on any atom is -0.465 e. The van der Waals surface area contributed by atoms with Crippen LogP contribution in [-0.2, 0) is 10.2 Å². The molecule has 1 aromatic rings. The van der Waals surface area contributed by atoms with E-state index in [0.29, 0.717) is 5.92 Å². The Bertz CT molecular complexity index is 474. The largest absolute Gasteiger partial charge is 0.465 e. The van der Waals surface area contributed by atoms with Crippen LogP contribution in [0.25, 0.3) is 0 Å². The number of hydrogen-bond donors (Lipinski definition) is 1. The third-order valence-electron chi connectivity index (χ3n) is 4.89. The van der Waals surface area contributed by atoms with Gasteiger partial charge in [0.2, 0.25) is 0 Å². The van der Waals surface area contributed by atoms with Crippen LogP contribution in [0.3, 0.4) is 0 Å². The standard InChI is InChI=1S/C19H29NO2/c1-15(2)13-19(9-10-20-14-19)16-6-5-7-17(12-16)22-18-8-3-4-11-21-18/h5-7,12,15,18,20H,3-4,8-11,13-14H2,1-2H3/t18-,19-/m1/s1. The lowest BCUT2D eigenvalue weighted by atomic mass is 9.74. The van der Waals surface area contributed by atoms with Gasteiger partial charge in [-0.15, -0.1) is 0 Å². The fourth-order valence-electron chi connectivity index (χ4n) is 3.92. The predicted molar refractivity (Wildman–Crippen MR) is 89.3 cm³/mol. The Hall–Kier alpha value is -1.06. The topological polar surface area (TPSA) is 30.5 Å². The average molecular weight is 303 g/mol. The van der Waals surface area contributed by atoms with E-state index in [2.05, 4.69) is 43.4 Å². The maximum atomic E-state index is 6.06. The molecular formula is C19H29NO2. The highest BCUT2D eigenvalue weighted by Gasteiger charge is 2.36. The van der Waals surface area contributed by atoms with Gasteiger partial charge in [-0.1, -0.05) is 26.0 Å². The van der Waals surface area contributed by atoms with Crippen LogP contribution >= 0.6 is 0 Å². The molecular weight excluding hydrogens is 274 g/mol. The van der Waals surface area contributed by atoms with Crippen LogP contribution in [0.4, 0.5) is 0 Å². The molecule has 2 fully saturated rings. The van der Waals surface area contributed by atoms with E-state index in [-0.39, 0.29) is 11.7 Å². The molecule has 0 unspecified atom stereocenters. The van der Waals surface area contributed by atoms with Crippen LogP contribution < -0.4 is 10.1 Å². The lowest BCUT2D eigenvalue weighted by Gasteiger charge is -2.31. The van der Waals surface area contributed by atoms with Gasteiger partial charge in [0.1, 0.15) is 5.75 Å². The normalized spacial score (nSPS) is 29.0. The Labute approximate surface area is 134 Å². The van der Waals surface area contributed by atoms with Crippen molar-refractivity contribution in [3.63, 3.8) is 0 Å². The van der Waals surface area contributed by atoms with Gasteiger partial charge in [0, 0.05) is 18.4 Å². The summed E-state index contributed by atoms with van der Waals surface area (Å²) in [5, 5.41) is 3.55. The summed E-state index contributed by atoms with van der Waals surface area (Å²) in [6, 6.07) is 8.71. The van der Waals surface area contributed by atoms with Gasteiger partial charge >= 0.3 is 0 Å². The minimum absolute atomic E-state index is 0.0632. The van der Waals surface area contributed by atoms with Crippen molar-refractivity contribution >= 4 is 0 Å². The van der Waals surface area contributed by atoms with E-state index < -0.39 is 0 Å². The van der Waals surface area contributed by atoms with Gasteiger partial charge in [-0.2, -0.15) is 0 Å². The number of rotatable bonds is 5. The van der Waals surface area contributed by atoms with Gasteiger partial charge in [-0.05, 0) is 55.8 Å². The second kappa shape index (κ2) is 7.01. The molecule has 3 heteroatoms. The van der Waals surface area contributed by atoms with Gasteiger partial charge in [0.05, 0.1) is 6.61 Å². The van der Waals surface area contributed by atoms with Crippen molar-refractivity contribution in [2.75, 3.05) is 19.7 Å². The fourth-order valence-corrected chi connectivity index (χ4v) is 3.92. The number of nitrogens with one attached hydrogen (secondary N) is 1. The molecule has 3 nitrogen and oxygen atoms in total. The Morgan fingerprint density at radius 1 is 1.36 bits per heavy atom. The molecule has 0 spiro atoms. The van der Waals surface area contributed by atoms with E-state index in [1.165, 1.54) is 24.8 Å². The Kier molecular flexibility index (Phi) is 5.04. The van der Waals surface area contributed by atoms with E-state index in [4.69, 9.17) is 9.47 Å². The predicted octanol–water partition coefficient (Wildman–Crippen LogP) is 3.87. The first-order chi connectivity index (χ1) is 10.7. The minimum atomic E-state index is -0.0632. The molecule has 2 aliphatic rings. The molecule has 0 aliphatic carbocycles. The molecule has 0 radical (unpaired) electrons. The lowest BCUT2D eigenvalue weighted by Crippen LogP contribution is -2.31. The third-order valence-corrected chi connectivity index (χ3v) is 4.89. The zero-order valence-electron chi connectivity index (χ0n) is 13.9. The lowest BCUT2D eigenvalue weighted by molar-refractivity contribution is -0.105. The quantitative estimate of drug-likeness (QED) is 0.895. The fraction of sp³-hybridized carbons (Fsp3) is 0.684. The molecule has 0 amide bonds. The summed E-state index contributed by atoms with van der Waals surface area (Å²) < 4.78 is 11.8. The summed E-state index contributed by atoms with van der Waals surface area (Å²) in [4.78, 5) is 0. The number of ether oxygens (including phenoxy) is 2. The first-order valence-corrected chi connectivity index (χ1v) is 8.77. The van der Waals surface area contributed by atoms with Crippen molar-refractivity contribution in [3.05, 3.63) is 29.8 Å². The van der Waals surface area contributed by atoms with Gasteiger partial charge in [0.15, 0.2) is 6.29 Å². The number of hydrogen-bond acceptors (Lipinski definition) is 3. The van der Waals surface area contributed by atoms with Crippen LogP contribution in [-0.4, -0.2) is 26.0 Å². The molecule has 0 bridgehead atoms. The number of benzene rings is 1. The molecule has 2 atom stereocenters. The maximum Gasteiger partial charge on any atom is 0.199 e. The first kappa shape index (κ1) is 15.8. The zero-order valence-corrected chi connectivity index (χ0v) is 13.9. The van der Waals surface area contributed by atoms with Crippen LogP contribution in [0.15, 0.2) is 24.3 Å². The molecule has 2 heterocycles. The van der Waals surface area contributed by atoms with Gasteiger partial charge in [0.25, 0.3) is 0 Å². The van der Waals surface area contributed by atoms with Crippen LogP contribution in [0, 0.1) is 5.92 Å². The average Bonchev–Trinajstić information content (AvgIpc) is 2.97. The summed E-state index contributed by atoms with van der Waals surface area (Å²) in [5.74, 6) is 1.66. The van der Waals surface area contributed by atoms with Crippen molar-refractivity contribution in [3.8, 4) is 5.75 Å². The van der Waals surface area contributed by atoms with Crippen LogP contribution in [0.1, 0.15) is 51.5 Å². The van der Waals surface area contributed by atoms with E-state index in [1.807, 2.05) is 0 Å². The molecule has 2 saturated heterocycles. The molecule has 1 aromatic carbocycles. The van der Waals surface area contributed by atoms with Crippen molar-refractivity contribution in [1.29, 1.82) is 0 Å². The smallest absolute Gasteiger partial charge is 0.199 e. The molecule has 2 aliphatic heterocycles. The first-order valence-electron chi connectivity index (χ1n) is 8.77. The maximum absolute atomic E-state index is 6.06. The van der Waals surface area contributed by atoms with Crippen molar-refractivity contribution in [2.45, 2.75) is 57.7 Å². The molecule has 0 aromatic heterocycles. The van der Waals surface area contributed by atoms with Gasteiger partial charge < -0.3 is 14.8 Å². The summed E-state index contributed by atoms with van der Waals surface area (Å²) in [7, 11) is 0. The van der Waals surface area contributed by atoms with Gasteiger partial charge in [-0.3, -0.25) is 0 Å². The second-order valence-corrected chi connectivity index (χ2v) is 7.25. The van der Waals surface area contributed by atoms with Crippen LogP contribution in [0.2, 0.25) is 0 Å². The SMILES string of the molecule is CC(C)C[C@]1(c2cccc(O[C@@H]3CCCCO3)c2)CCNC1. The summed E-state index contributed by atoms with van der Waals surface area (Å²) >= 11 is 0. The highest BCUT2D eigenvalue weighted by atomic mass is 16.7. The Morgan fingerprint density at radius 2 is 2.27 bits per heavy atom. The summed E-state index contributed by atoms with van der Waals surface area (Å²) in [6.45, 7) is 7.65. The van der Waals surface area contributed by atoms with E-state index >= 15 is 0 Å². The van der Waals surface area contributed by atoms with Gasteiger partial charge in [-0.25, -0.2) is 0 Å². The summed E-state index contributed by atoms with van der Waals surface area (Å²) in [6.07, 6.45) is 5.74. The van der Waals surface area contributed by atoms with E-state index in [1.54, 1.807) is 0 Å². The van der Waals surface area contributed by atoms with Crippen molar-refractivity contribution in [1.82, 2.24) is 5.32 Å². The Balaban J connectivity index is 1.76. The molecule has 122 valence electrons. The molecule has 0 saturated carbocycles. The summed E-state index contributed by atoms with van der Waals surface area (Å²) in [5.41, 5.74) is 1.68. The molecule has 3 rings (SSSR count). The molecule has 22 heavy (non-hydrogen) atoms. The Morgan fingerprint density at radius 3 is 2.95 bits per heavy atom. The van der Waals surface area contributed by atoms with Crippen molar-refractivity contribution < 1.29 is 9.47 Å². The highest BCUT2D eigenvalue weighted by molar-refractivity contribution is 5.35.